The minimum atomic E-state index is -4.02. The largest absolute Gasteiger partial charge is 0.465 e. The molecule has 0 fully saturated rings. The van der Waals surface area contributed by atoms with Crippen LogP contribution in [0.4, 0.5) is 0 Å². The molecule has 174 valence electrons. The highest BCUT2D eigenvalue weighted by Gasteiger charge is 2.35. The number of aryl methyl sites for hydroxylation is 1. The lowest BCUT2D eigenvalue weighted by molar-refractivity contribution is -0.146. The van der Waals surface area contributed by atoms with Gasteiger partial charge in [-0.15, -0.1) is 0 Å². The predicted octanol–water partition coefficient (Wildman–Crippen LogP) is 4.39. The van der Waals surface area contributed by atoms with Gasteiger partial charge in [0.25, 0.3) is 0 Å². The molecule has 3 aromatic carbocycles. The molecule has 0 radical (unpaired) electrons. The summed E-state index contributed by atoms with van der Waals surface area (Å²) in [6.45, 7) is 4.03. The Morgan fingerprint density at radius 2 is 1.61 bits per heavy atom. The highest BCUT2D eigenvalue weighted by atomic mass is 35.5. The lowest BCUT2D eigenvalue weighted by Gasteiger charge is -2.28. The van der Waals surface area contributed by atoms with Gasteiger partial charge in [0, 0.05) is 11.6 Å². The summed E-state index contributed by atoms with van der Waals surface area (Å²) in [4.78, 5) is 13.1. The van der Waals surface area contributed by atoms with Gasteiger partial charge in [-0.3, -0.25) is 4.79 Å². The quantitative estimate of drug-likeness (QED) is 0.415. The monoisotopic (exact) mass is 486 g/mol. The summed E-state index contributed by atoms with van der Waals surface area (Å²) in [6, 6.07) is 21.0. The highest BCUT2D eigenvalue weighted by molar-refractivity contribution is 7.89. The van der Waals surface area contributed by atoms with Crippen molar-refractivity contribution in [2.45, 2.75) is 37.4 Å². The van der Waals surface area contributed by atoms with Crippen molar-refractivity contribution in [3.8, 4) is 0 Å². The third-order valence-electron chi connectivity index (χ3n) is 5.10. The number of hydrogen-bond acceptors (Lipinski definition) is 5. The maximum absolute atomic E-state index is 13.2. The molecular formula is C25H27ClN2O4S. The van der Waals surface area contributed by atoms with Gasteiger partial charge in [0.2, 0.25) is 10.0 Å². The van der Waals surface area contributed by atoms with Crippen LogP contribution in [0.25, 0.3) is 0 Å². The molecule has 0 bridgehead atoms. The number of esters is 1. The number of nitrogens with one attached hydrogen (secondary N) is 2. The van der Waals surface area contributed by atoms with Crippen molar-refractivity contribution >= 4 is 27.6 Å². The minimum absolute atomic E-state index is 0.0587. The Hall–Kier alpha value is -2.71. The molecule has 6 nitrogen and oxygen atoms in total. The van der Waals surface area contributed by atoms with Gasteiger partial charge in [0.1, 0.15) is 6.04 Å². The van der Waals surface area contributed by atoms with E-state index in [1.165, 1.54) is 12.1 Å². The van der Waals surface area contributed by atoms with Crippen molar-refractivity contribution < 1.29 is 17.9 Å². The van der Waals surface area contributed by atoms with Crippen LogP contribution in [0.1, 0.15) is 29.7 Å². The molecule has 0 saturated carbocycles. The Morgan fingerprint density at radius 1 is 0.970 bits per heavy atom. The van der Waals surface area contributed by atoms with Crippen molar-refractivity contribution in [2.24, 2.45) is 0 Å². The van der Waals surface area contributed by atoms with Gasteiger partial charge in [-0.2, -0.15) is 4.72 Å². The molecule has 0 heterocycles. The van der Waals surface area contributed by atoms with Gasteiger partial charge in [-0.1, -0.05) is 77.8 Å². The molecule has 0 amide bonds. The Labute approximate surface area is 200 Å². The Balaban J connectivity index is 2.00. The van der Waals surface area contributed by atoms with Crippen LogP contribution in [0.3, 0.4) is 0 Å². The molecule has 0 unspecified atom stereocenters. The number of rotatable bonds is 10. The Kier molecular flexibility index (Phi) is 8.63. The first-order valence-corrected chi connectivity index (χ1v) is 12.5. The van der Waals surface area contributed by atoms with Crippen molar-refractivity contribution in [3.05, 3.63) is 101 Å². The van der Waals surface area contributed by atoms with E-state index in [1.54, 1.807) is 43.3 Å². The molecule has 0 aromatic heterocycles. The van der Waals surface area contributed by atoms with Crippen LogP contribution >= 0.6 is 11.6 Å². The smallest absolute Gasteiger partial charge is 0.326 e. The third-order valence-corrected chi connectivity index (χ3v) is 6.90. The maximum atomic E-state index is 13.2. The fraction of sp³-hybridized carbons (Fsp3) is 0.240. The lowest BCUT2D eigenvalue weighted by Crippen LogP contribution is -2.50. The zero-order chi connectivity index (χ0) is 23.8. The average Bonchev–Trinajstić information content (AvgIpc) is 2.80. The Bertz CT molecular complexity index is 1170. The van der Waals surface area contributed by atoms with Crippen LogP contribution in [-0.4, -0.2) is 27.0 Å². The van der Waals surface area contributed by atoms with Crippen LogP contribution in [0, 0.1) is 6.92 Å². The van der Waals surface area contributed by atoms with Gasteiger partial charge in [-0.05, 0) is 43.2 Å². The molecule has 2 N–H and O–H groups in total. The van der Waals surface area contributed by atoms with E-state index < -0.39 is 28.1 Å². The fourth-order valence-electron chi connectivity index (χ4n) is 3.40. The molecule has 0 aliphatic rings. The zero-order valence-electron chi connectivity index (χ0n) is 18.5. The molecule has 8 heteroatoms. The maximum Gasteiger partial charge on any atom is 0.326 e. The van der Waals surface area contributed by atoms with E-state index in [0.717, 1.165) is 11.1 Å². The summed E-state index contributed by atoms with van der Waals surface area (Å²) in [7, 11) is -4.02. The van der Waals surface area contributed by atoms with Crippen LogP contribution in [0.2, 0.25) is 5.02 Å². The summed E-state index contributed by atoms with van der Waals surface area (Å²) in [6.07, 6.45) is 0. The van der Waals surface area contributed by atoms with Gasteiger partial charge >= 0.3 is 5.97 Å². The van der Waals surface area contributed by atoms with E-state index >= 15 is 0 Å². The molecule has 2 atom stereocenters. The third kappa shape index (κ3) is 6.65. The SMILES string of the molecule is CCOC(=O)[C@@H](NS(=O)(=O)c1ccc(C)cc1)[C@@H](NCc1ccccc1)c1ccccc1Cl. The average molecular weight is 487 g/mol. The number of ether oxygens (including phenoxy) is 1. The van der Waals surface area contributed by atoms with Crippen molar-refractivity contribution in [3.63, 3.8) is 0 Å². The first-order chi connectivity index (χ1) is 15.8. The zero-order valence-corrected chi connectivity index (χ0v) is 20.1. The van der Waals surface area contributed by atoms with E-state index in [0.29, 0.717) is 17.1 Å². The first kappa shape index (κ1) is 24.9. The lowest BCUT2D eigenvalue weighted by atomic mass is 9.99. The van der Waals surface area contributed by atoms with Crippen molar-refractivity contribution in [1.29, 1.82) is 0 Å². The normalized spacial score (nSPS) is 13.3. The Morgan fingerprint density at radius 3 is 2.24 bits per heavy atom. The van der Waals surface area contributed by atoms with Crippen molar-refractivity contribution in [2.75, 3.05) is 6.61 Å². The van der Waals surface area contributed by atoms with Crippen molar-refractivity contribution in [1.82, 2.24) is 10.0 Å². The molecule has 3 aromatic rings. The number of sulfonamides is 1. The molecule has 0 aliphatic heterocycles. The van der Waals surface area contributed by atoms with E-state index in [2.05, 4.69) is 10.0 Å². The van der Waals surface area contributed by atoms with E-state index in [4.69, 9.17) is 16.3 Å². The predicted molar refractivity (Wildman–Crippen MR) is 129 cm³/mol. The second kappa shape index (κ2) is 11.4. The number of carbonyl (C=O) groups excluding carboxylic acids is 1. The second-order valence-electron chi connectivity index (χ2n) is 7.53. The first-order valence-electron chi connectivity index (χ1n) is 10.6. The summed E-state index contributed by atoms with van der Waals surface area (Å²) in [5, 5.41) is 3.71. The van der Waals surface area contributed by atoms with Gasteiger partial charge in [0.05, 0.1) is 17.5 Å². The second-order valence-corrected chi connectivity index (χ2v) is 9.65. The summed E-state index contributed by atoms with van der Waals surface area (Å²) in [5.74, 6) is -0.696. The van der Waals surface area contributed by atoms with Gasteiger partial charge < -0.3 is 10.1 Å². The van der Waals surface area contributed by atoms with E-state index in [1.807, 2.05) is 37.3 Å². The van der Waals surface area contributed by atoms with Crippen LogP contribution < -0.4 is 10.0 Å². The summed E-state index contributed by atoms with van der Waals surface area (Å²) >= 11 is 6.46. The number of hydrogen-bond donors (Lipinski definition) is 2. The number of benzene rings is 3. The molecule has 33 heavy (non-hydrogen) atoms. The van der Waals surface area contributed by atoms with E-state index in [-0.39, 0.29) is 11.5 Å². The fourth-order valence-corrected chi connectivity index (χ4v) is 4.85. The molecule has 0 saturated heterocycles. The summed E-state index contributed by atoms with van der Waals surface area (Å²) < 4.78 is 34.2. The van der Waals surface area contributed by atoms with Gasteiger partial charge in [-0.25, -0.2) is 8.42 Å². The topological polar surface area (TPSA) is 84.5 Å². The van der Waals surface area contributed by atoms with Crippen LogP contribution in [0.5, 0.6) is 0 Å². The molecule has 0 spiro atoms. The van der Waals surface area contributed by atoms with E-state index in [9.17, 15) is 13.2 Å². The minimum Gasteiger partial charge on any atom is -0.465 e. The molecule has 3 rings (SSSR count). The van der Waals surface area contributed by atoms with Crippen LogP contribution in [0.15, 0.2) is 83.8 Å². The highest BCUT2D eigenvalue weighted by Crippen LogP contribution is 2.27. The van der Waals surface area contributed by atoms with Gasteiger partial charge in [0.15, 0.2) is 0 Å². The van der Waals surface area contributed by atoms with Crippen LogP contribution in [-0.2, 0) is 26.1 Å². The molecule has 0 aliphatic carbocycles. The number of carbonyl (C=O) groups is 1. The molecular weight excluding hydrogens is 460 g/mol. The number of halogens is 1. The standard InChI is InChI=1S/C25H27ClN2O4S/c1-3-32-25(29)24(28-33(30,31)20-15-13-18(2)14-16-20)23(21-11-7-8-12-22(21)26)27-17-19-9-5-4-6-10-19/h4-16,23-24,27-28H,3,17H2,1-2H3/t23-,24-/m0/s1. The summed E-state index contributed by atoms with van der Waals surface area (Å²) in [5.41, 5.74) is 2.48.